The zero-order valence-corrected chi connectivity index (χ0v) is 8.54. The second kappa shape index (κ2) is 5.27. The van der Waals surface area contributed by atoms with E-state index >= 15 is 0 Å². The van der Waals surface area contributed by atoms with Crippen LogP contribution in [0, 0.1) is 0 Å². The Morgan fingerprint density at radius 2 is 2.14 bits per heavy atom. The van der Waals surface area contributed by atoms with Gasteiger partial charge < -0.3 is 10.1 Å². The molecule has 1 aromatic rings. The second-order valence-electron chi connectivity index (χ2n) is 3.03. The summed E-state index contributed by atoms with van der Waals surface area (Å²) in [7, 11) is 0. The Hall–Kier alpha value is -1.51. The van der Waals surface area contributed by atoms with Gasteiger partial charge >= 0.3 is 0 Å². The van der Waals surface area contributed by atoms with Gasteiger partial charge in [0.25, 0.3) is 0 Å². The van der Waals surface area contributed by atoms with Crippen molar-refractivity contribution in [3.05, 3.63) is 24.3 Å². The molecule has 3 nitrogen and oxygen atoms in total. The van der Waals surface area contributed by atoms with Crippen LogP contribution in [-0.4, -0.2) is 12.5 Å². The molecule has 0 bridgehead atoms. The molecule has 0 saturated heterocycles. The maximum atomic E-state index is 10.9. The number of amides is 1. The number of hydrogen-bond donors (Lipinski definition) is 1. The van der Waals surface area contributed by atoms with E-state index in [1.807, 2.05) is 31.2 Å². The first-order valence-electron chi connectivity index (χ1n) is 4.73. The topological polar surface area (TPSA) is 38.3 Å². The lowest BCUT2D eigenvalue weighted by Crippen LogP contribution is -2.08. The van der Waals surface area contributed by atoms with Crippen molar-refractivity contribution >= 4 is 11.6 Å². The molecule has 76 valence electrons. The molecule has 0 spiro atoms. The van der Waals surface area contributed by atoms with E-state index < -0.39 is 0 Å². The van der Waals surface area contributed by atoms with Crippen LogP contribution < -0.4 is 10.1 Å². The van der Waals surface area contributed by atoms with E-state index in [4.69, 9.17) is 4.74 Å². The molecular formula is C11H15NO2. The zero-order chi connectivity index (χ0) is 10.4. The van der Waals surface area contributed by atoms with Crippen molar-refractivity contribution in [1.29, 1.82) is 0 Å². The Balaban J connectivity index is 2.74. The van der Waals surface area contributed by atoms with E-state index in [9.17, 15) is 4.79 Å². The first-order chi connectivity index (χ1) is 6.74. The summed E-state index contributed by atoms with van der Waals surface area (Å²) in [6.07, 6.45) is 0.953. The SMILES string of the molecule is CCCOc1ccccc1NC(C)=O. The van der Waals surface area contributed by atoms with Crippen molar-refractivity contribution in [3.63, 3.8) is 0 Å². The largest absolute Gasteiger partial charge is 0.491 e. The minimum absolute atomic E-state index is 0.0856. The van der Waals surface area contributed by atoms with Crippen molar-refractivity contribution < 1.29 is 9.53 Å². The molecule has 1 amide bonds. The fraction of sp³-hybridized carbons (Fsp3) is 0.364. The van der Waals surface area contributed by atoms with Crippen LogP contribution in [0.5, 0.6) is 5.75 Å². The highest BCUT2D eigenvalue weighted by Crippen LogP contribution is 2.23. The van der Waals surface area contributed by atoms with Gasteiger partial charge in [-0.05, 0) is 18.6 Å². The van der Waals surface area contributed by atoms with Crippen LogP contribution >= 0.6 is 0 Å². The smallest absolute Gasteiger partial charge is 0.221 e. The molecule has 14 heavy (non-hydrogen) atoms. The molecule has 0 aliphatic rings. The standard InChI is InChI=1S/C11H15NO2/c1-3-8-14-11-7-5-4-6-10(11)12-9(2)13/h4-7H,3,8H2,1-2H3,(H,12,13). The Bertz CT molecular complexity index is 310. The van der Waals surface area contributed by atoms with Crippen LogP contribution in [0.25, 0.3) is 0 Å². The van der Waals surface area contributed by atoms with Crippen LogP contribution in [0.1, 0.15) is 20.3 Å². The van der Waals surface area contributed by atoms with E-state index in [2.05, 4.69) is 5.32 Å². The number of rotatable bonds is 4. The van der Waals surface area contributed by atoms with Crippen molar-refractivity contribution in [3.8, 4) is 5.75 Å². The third kappa shape index (κ3) is 3.09. The van der Waals surface area contributed by atoms with Gasteiger partial charge in [0.05, 0.1) is 12.3 Å². The number of anilines is 1. The van der Waals surface area contributed by atoms with E-state index in [1.165, 1.54) is 6.92 Å². The average Bonchev–Trinajstić information content (AvgIpc) is 2.16. The molecule has 0 saturated carbocycles. The normalized spacial score (nSPS) is 9.57. The monoisotopic (exact) mass is 193 g/mol. The van der Waals surface area contributed by atoms with E-state index in [1.54, 1.807) is 0 Å². The van der Waals surface area contributed by atoms with E-state index in [-0.39, 0.29) is 5.91 Å². The third-order valence-corrected chi connectivity index (χ3v) is 1.66. The first kappa shape index (κ1) is 10.6. The molecule has 0 radical (unpaired) electrons. The third-order valence-electron chi connectivity index (χ3n) is 1.66. The quantitative estimate of drug-likeness (QED) is 0.797. The van der Waals surface area contributed by atoms with Gasteiger partial charge in [-0.3, -0.25) is 4.79 Å². The molecule has 0 unspecified atom stereocenters. The van der Waals surface area contributed by atoms with Gasteiger partial charge in [-0.1, -0.05) is 19.1 Å². The molecule has 3 heteroatoms. The zero-order valence-electron chi connectivity index (χ0n) is 8.54. The van der Waals surface area contributed by atoms with Gasteiger partial charge in [-0.2, -0.15) is 0 Å². The summed E-state index contributed by atoms with van der Waals surface area (Å²) in [5, 5.41) is 2.72. The summed E-state index contributed by atoms with van der Waals surface area (Å²) in [5.41, 5.74) is 0.730. The molecule has 0 aliphatic carbocycles. The highest BCUT2D eigenvalue weighted by atomic mass is 16.5. The molecule has 0 aromatic heterocycles. The molecule has 1 aromatic carbocycles. The molecule has 0 fully saturated rings. The Labute approximate surface area is 84.1 Å². The van der Waals surface area contributed by atoms with E-state index in [0.717, 1.165) is 17.9 Å². The van der Waals surface area contributed by atoms with Gasteiger partial charge in [0.15, 0.2) is 0 Å². The van der Waals surface area contributed by atoms with Crippen molar-refractivity contribution in [2.24, 2.45) is 0 Å². The highest BCUT2D eigenvalue weighted by molar-refractivity contribution is 5.90. The molecule has 0 atom stereocenters. The second-order valence-corrected chi connectivity index (χ2v) is 3.03. The fourth-order valence-corrected chi connectivity index (χ4v) is 1.10. The summed E-state index contributed by atoms with van der Waals surface area (Å²) < 4.78 is 5.47. The minimum atomic E-state index is -0.0856. The van der Waals surface area contributed by atoms with Crippen LogP contribution in [-0.2, 0) is 4.79 Å². The van der Waals surface area contributed by atoms with Crippen molar-refractivity contribution in [2.75, 3.05) is 11.9 Å². The molecule has 0 heterocycles. The van der Waals surface area contributed by atoms with Crippen LogP contribution in [0.15, 0.2) is 24.3 Å². The summed E-state index contributed by atoms with van der Waals surface area (Å²) in [6.45, 7) is 4.19. The van der Waals surface area contributed by atoms with Gasteiger partial charge in [0.1, 0.15) is 5.75 Å². The average molecular weight is 193 g/mol. The predicted octanol–water partition coefficient (Wildman–Crippen LogP) is 2.43. The predicted molar refractivity (Wildman–Crippen MR) is 56.5 cm³/mol. The lowest BCUT2D eigenvalue weighted by molar-refractivity contribution is -0.114. The summed E-state index contributed by atoms with van der Waals surface area (Å²) >= 11 is 0. The van der Waals surface area contributed by atoms with Crippen LogP contribution in [0.4, 0.5) is 5.69 Å². The van der Waals surface area contributed by atoms with Crippen LogP contribution in [0.2, 0.25) is 0 Å². The Morgan fingerprint density at radius 3 is 2.79 bits per heavy atom. The number of benzene rings is 1. The maximum Gasteiger partial charge on any atom is 0.221 e. The number of carbonyl (C=O) groups is 1. The number of para-hydroxylation sites is 2. The van der Waals surface area contributed by atoms with E-state index in [0.29, 0.717) is 6.61 Å². The van der Waals surface area contributed by atoms with Crippen molar-refractivity contribution in [2.45, 2.75) is 20.3 Å². The number of hydrogen-bond acceptors (Lipinski definition) is 2. The maximum absolute atomic E-state index is 10.9. The highest BCUT2D eigenvalue weighted by Gasteiger charge is 2.02. The number of ether oxygens (including phenoxy) is 1. The minimum Gasteiger partial charge on any atom is -0.491 e. The number of nitrogens with one attached hydrogen (secondary N) is 1. The lowest BCUT2D eigenvalue weighted by Gasteiger charge is -2.10. The first-order valence-corrected chi connectivity index (χ1v) is 4.73. The van der Waals surface area contributed by atoms with Gasteiger partial charge in [0, 0.05) is 6.92 Å². The number of carbonyl (C=O) groups excluding carboxylic acids is 1. The summed E-state index contributed by atoms with van der Waals surface area (Å²) in [6, 6.07) is 7.42. The van der Waals surface area contributed by atoms with Gasteiger partial charge in [-0.15, -0.1) is 0 Å². The summed E-state index contributed by atoms with van der Waals surface area (Å²) in [5.74, 6) is 0.641. The van der Waals surface area contributed by atoms with Crippen molar-refractivity contribution in [1.82, 2.24) is 0 Å². The molecular weight excluding hydrogens is 178 g/mol. The van der Waals surface area contributed by atoms with Crippen LogP contribution in [0.3, 0.4) is 0 Å². The Kier molecular flexibility index (Phi) is 3.98. The fourth-order valence-electron chi connectivity index (χ4n) is 1.10. The lowest BCUT2D eigenvalue weighted by atomic mass is 10.3. The van der Waals surface area contributed by atoms with Gasteiger partial charge in [0.2, 0.25) is 5.91 Å². The molecule has 1 rings (SSSR count). The molecule has 0 aliphatic heterocycles. The van der Waals surface area contributed by atoms with Gasteiger partial charge in [-0.25, -0.2) is 0 Å². The Morgan fingerprint density at radius 1 is 1.43 bits per heavy atom. The molecule has 1 N–H and O–H groups in total. The summed E-state index contributed by atoms with van der Waals surface area (Å²) in [4.78, 5) is 10.9.